The Labute approximate surface area is 202 Å². The number of thiophene rings is 1. The Morgan fingerprint density at radius 3 is 2.56 bits per heavy atom. The molecule has 3 heterocycles. The first-order valence-corrected chi connectivity index (χ1v) is 12.5. The van der Waals surface area contributed by atoms with Crippen LogP contribution >= 0.6 is 11.3 Å². The normalized spacial score (nSPS) is 14.5. The van der Waals surface area contributed by atoms with Crippen LogP contribution in [0.4, 0.5) is 5.95 Å². The number of hydrogen-bond donors (Lipinski definition) is 1. The summed E-state index contributed by atoms with van der Waals surface area (Å²) in [5.74, 6) is 0.709. The van der Waals surface area contributed by atoms with E-state index >= 15 is 0 Å². The minimum absolute atomic E-state index is 0.0374. The Morgan fingerprint density at radius 2 is 1.82 bits per heavy atom. The van der Waals surface area contributed by atoms with E-state index in [9.17, 15) is 9.59 Å². The largest absolute Gasteiger partial charge is 0.352 e. The van der Waals surface area contributed by atoms with Crippen LogP contribution in [0.1, 0.15) is 29.5 Å². The molecule has 5 rings (SSSR count). The third-order valence-electron chi connectivity index (χ3n) is 6.66. The number of aryl methyl sites for hydroxylation is 2. The summed E-state index contributed by atoms with van der Waals surface area (Å²) in [4.78, 5) is 33.2. The van der Waals surface area contributed by atoms with Gasteiger partial charge >= 0.3 is 0 Å². The summed E-state index contributed by atoms with van der Waals surface area (Å²) < 4.78 is 2.37. The first kappa shape index (κ1) is 22.3. The van der Waals surface area contributed by atoms with Gasteiger partial charge in [-0.15, -0.1) is 11.3 Å². The lowest BCUT2D eigenvalue weighted by molar-refractivity contribution is -0.125. The van der Waals surface area contributed by atoms with Crippen molar-refractivity contribution in [1.82, 2.24) is 14.9 Å². The monoisotopic (exact) mass is 472 g/mol. The molecule has 1 aliphatic rings. The zero-order chi connectivity index (χ0) is 23.7. The highest BCUT2D eigenvalue weighted by Crippen LogP contribution is 2.26. The van der Waals surface area contributed by atoms with Crippen molar-refractivity contribution in [3.05, 3.63) is 87.0 Å². The van der Waals surface area contributed by atoms with Crippen molar-refractivity contribution in [2.75, 3.05) is 18.0 Å². The number of aromatic nitrogens is 2. The predicted octanol–water partition coefficient (Wildman–Crippen LogP) is 4.60. The molecule has 0 saturated carbocycles. The summed E-state index contributed by atoms with van der Waals surface area (Å²) >= 11 is 1.42. The van der Waals surface area contributed by atoms with E-state index in [1.165, 1.54) is 22.5 Å². The van der Waals surface area contributed by atoms with Gasteiger partial charge < -0.3 is 10.2 Å². The van der Waals surface area contributed by atoms with Crippen LogP contribution in [0.15, 0.2) is 64.8 Å². The molecule has 0 radical (unpaired) electrons. The zero-order valence-electron chi connectivity index (χ0n) is 19.5. The molecule has 2 aromatic carbocycles. The van der Waals surface area contributed by atoms with Crippen molar-refractivity contribution in [2.45, 2.75) is 33.2 Å². The fourth-order valence-corrected chi connectivity index (χ4v) is 5.27. The average molecular weight is 473 g/mol. The van der Waals surface area contributed by atoms with Crippen LogP contribution in [0.25, 0.3) is 15.9 Å². The van der Waals surface area contributed by atoms with E-state index in [0.29, 0.717) is 30.3 Å². The number of fused-ring (bicyclic) bond motifs is 1. The second-order valence-electron chi connectivity index (χ2n) is 8.92. The highest BCUT2D eigenvalue weighted by molar-refractivity contribution is 7.17. The van der Waals surface area contributed by atoms with Crippen LogP contribution in [-0.2, 0) is 11.3 Å². The molecule has 2 aromatic heterocycles. The molecule has 0 atom stereocenters. The van der Waals surface area contributed by atoms with Gasteiger partial charge in [0, 0.05) is 25.6 Å². The zero-order valence-corrected chi connectivity index (χ0v) is 20.3. The summed E-state index contributed by atoms with van der Waals surface area (Å²) in [6.07, 6.45) is 1.45. The molecular formula is C27H28N4O2S. The molecule has 7 heteroatoms. The molecule has 0 unspecified atom stereocenters. The van der Waals surface area contributed by atoms with Crippen LogP contribution in [0.3, 0.4) is 0 Å². The standard InChI is InChI=1S/C27H28N4O2S/c1-18-8-9-20(16-19(18)2)17-28-25(32)21-10-13-30(14-11-21)27-29-23-12-15-34-24(23)26(33)31(27)22-6-4-3-5-7-22/h3-9,12,15-16,21H,10-11,13-14,17H2,1-2H3,(H,28,32). The van der Waals surface area contributed by atoms with Crippen molar-refractivity contribution in [1.29, 1.82) is 0 Å². The molecule has 1 amide bonds. The molecule has 1 fully saturated rings. The highest BCUT2D eigenvalue weighted by atomic mass is 32.1. The van der Waals surface area contributed by atoms with Gasteiger partial charge in [0.25, 0.3) is 5.56 Å². The molecule has 1 aliphatic heterocycles. The Morgan fingerprint density at radius 1 is 1.06 bits per heavy atom. The summed E-state index contributed by atoms with van der Waals surface area (Å²) in [6, 6.07) is 17.8. The number of para-hydroxylation sites is 1. The van der Waals surface area contributed by atoms with Gasteiger partial charge in [-0.2, -0.15) is 0 Å². The number of nitrogens with zero attached hydrogens (tertiary/aromatic N) is 3. The molecule has 0 aliphatic carbocycles. The number of amides is 1. The van der Waals surface area contributed by atoms with Gasteiger partial charge in [0.15, 0.2) is 0 Å². The van der Waals surface area contributed by atoms with E-state index in [0.717, 1.165) is 29.6 Å². The lowest BCUT2D eigenvalue weighted by Gasteiger charge is -2.33. The number of carbonyl (C=O) groups excluding carboxylic acids is 1. The Balaban J connectivity index is 1.32. The smallest absolute Gasteiger partial charge is 0.277 e. The number of hydrogen-bond acceptors (Lipinski definition) is 5. The lowest BCUT2D eigenvalue weighted by atomic mass is 9.96. The third kappa shape index (κ3) is 4.35. The minimum Gasteiger partial charge on any atom is -0.352 e. The average Bonchev–Trinajstić information content (AvgIpc) is 3.34. The Kier molecular flexibility index (Phi) is 6.20. The van der Waals surface area contributed by atoms with E-state index < -0.39 is 0 Å². The lowest BCUT2D eigenvalue weighted by Crippen LogP contribution is -2.42. The second kappa shape index (κ2) is 9.43. The summed E-state index contributed by atoms with van der Waals surface area (Å²) in [7, 11) is 0. The number of piperidine rings is 1. The van der Waals surface area contributed by atoms with Crippen LogP contribution in [0.2, 0.25) is 0 Å². The van der Waals surface area contributed by atoms with E-state index in [-0.39, 0.29) is 17.4 Å². The Bertz CT molecular complexity index is 1390. The topological polar surface area (TPSA) is 67.2 Å². The number of benzene rings is 2. The van der Waals surface area contributed by atoms with Crippen LogP contribution in [-0.4, -0.2) is 28.5 Å². The van der Waals surface area contributed by atoms with Crippen LogP contribution < -0.4 is 15.8 Å². The second-order valence-corrected chi connectivity index (χ2v) is 9.84. The molecule has 34 heavy (non-hydrogen) atoms. The third-order valence-corrected chi connectivity index (χ3v) is 7.55. The van der Waals surface area contributed by atoms with Gasteiger partial charge in [-0.3, -0.25) is 9.59 Å². The molecule has 174 valence electrons. The molecule has 6 nitrogen and oxygen atoms in total. The molecular weight excluding hydrogens is 444 g/mol. The van der Waals surface area contributed by atoms with Gasteiger partial charge in [0.05, 0.1) is 11.2 Å². The molecule has 1 N–H and O–H groups in total. The maximum absolute atomic E-state index is 13.3. The molecule has 0 bridgehead atoms. The van der Waals surface area contributed by atoms with E-state index in [1.807, 2.05) is 41.8 Å². The van der Waals surface area contributed by atoms with Crippen molar-refractivity contribution in [3.63, 3.8) is 0 Å². The van der Waals surface area contributed by atoms with E-state index in [4.69, 9.17) is 4.98 Å². The fourth-order valence-electron chi connectivity index (χ4n) is 4.51. The first-order chi connectivity index (χ1) is 16.5. The van der Waals surface area contributed by atoms with Gasteiger partial charge in [-0.25, -0.2) is 9.55 Å². The molecule has 0 spiro atoms. The predicted molar refractivity (Wildman–Crippen MR) is 138 cm³/mol. The number of nitrogens with one attached hydrogen (secondary N) is 1. The van der Waals surface area contributed by atoms with Crippen LogP contribution in [0.5, 0.6) is 0 Å². The van der Waals surface area contributed by atoms with Crippen LogP contribution in [0, 0.1) is 19.8 Å². The Hall–Kier alpha value is -3.45. The van der Waals surface area contributed by atoms with E-state index in [2.05, 4.69) is 42.3 Å². The summed E-state index contributed by atoms with van der Waals surface area (Å²) in [5, 5.41) is 5.02. The molecule has 1 saturated heterocycles. The van der Waals surface area contributed by atoms with Crippen molar-refractivity contribution >= 4 is 33.4 Å². The number of carbonyl (C=O) groups is 1. The first-order valence-electron chi connectivity index (χ1n) is 11.7. The maximum Gasteiger partial charge on any atom is 0.277 e. The van der Waals surface area contributed by atoms with Crippen molar-refractivity contribution < 1.29 is 4.79 Å². The molecule has 4 aromatic rings. The van der Waals surface area contributed by atoms with Gasteiger partial charge in [0.1, 0.15) is 4.70 Å². The van der Waals surface area contributed by atoms with Crippen molar-refractivity contribution in [3.8, 4) is 5.69 Å². The summed E-state index contributed by atoms with van der Waals surface area (Å²) in [6.45, 7) is 6.08. The SMILES string of the molecule is Cc1ccc(CNC(=O)C2CCN(c3nc4ccsc4c(=O)n3-c3ccccc3)CC2)cc1C. The fraction of sp³-hybridized carbons (Fsp3) is 0.296. The van der Waals surface area contributed by atoms with Gasteiger partial charge in [0.2, 0.25) is 11.9 Å². The van der Waals surface area contributed by atoms with E-state index in [1.54, 1.807) is 4.57 Å². The quantitative estimate of drug-likeness (QED) is 0.461. The number of rotatable bonds is 5. The highest BCUT2D eigenvalue weighted by Gasteiger charge is 2.28. The minimum atomic E-state index is -0.0468. The number of anilines is 1. The van der Waals surface area contributed by atoms with Gasteiger partial charge in [-0.05, 0) is 67.0 Å². The summed E-state index contributed by atoms with van der Waals surface area (Å²) in [5.41, 5.74) is 5.10. The van der Waals surface area contributed by atoms with Gasteiger partial charge in [-0.1, -0.05) is 36.4 Å². The maximum atomic E-state index is 13.3. The van der Waals surface area contributed by atoms with Crippen molar-refractivity contribution in [2.24, 2.45) is 5.92 Å².